The Labute approximate surface area is 180 Å². The zero-order valence-electron chi connectivity index (χ0n) is 18.0. The second-order valence-electron chi connectivity index (χ2n) is 7.60. The molecule has 4 rings (SSSR count). The summed E-state index contributed by atoms with van der Waals surface area (Å²) in [4.78, 5) is 8.26. The van der Waals surface area contributed by atoms with Gasteiger partial charge in [0.15, 0.2) is 11.5 Å². The van der Waals surface area contributed by atoms with Crippen LogP contribution in [0, 0.1) is 6.92 Å². The number of thiazole rings is 1. The molecule has 0 radical (unpaired) electrons. The summed E-state index contributed by atoms with van der Waals surface area (Å²) in [5.74, 6) is 2.13. The number of nitrogens with zero attached hydrogens (tertiary/aromatic N) is 4. The van der Waals surface area contributed by atoms with Crippen molar-refractivity contribution in [2.45, 2.75) is 45.9 Å². The second kappa shape index (κ2) is 8.41. The van der Waals surface area contributed by atoms with Crippen molar-refractivity contribution in [3.63, 3.8) is 0 Å². The van der Waals surface area contributed by atoms with Crippen LogP contribution in [0.2, 0.25) is 0 Å². The third-order valence-corrected chi connectivity index (χ3v) is 6.24. The third-order valence-electron chi connectivity index (χ3n) is 5.17. The van der Waals surface area contributed by atoms with E-state index in [1.54, 1.807) is 7.11 Å². The fraction of sp³-hybridized carbons (Fsp3) is 0.524. The van der Waals surface area contributed by atoms with Gasteiger partial charge in [0.05, 0.1) is 36.8 Å². The maximum atomic E-state index is 11.0. The van der Waals surface area contributed by atoms with Crippen molar-refractivity contribution >= 4 is 16.3 Å². The highest BCUT2D eigenvalue weighted by atomic mass is 32.1. The van der Waals surface area contributed by atoms with Gasteiger partial charge in [-0.1, -0.05) is 17.4 Å². The number of morpholine rings is 1. The Balaban J connectivity index is 1.83. The summed E-state index contributed by atoms with van der Waals surface area (Å²) >= 11 is 1.46. The molecule has 0 spiro atoms. The molecule has 1 fully saturated rings. The van der Waals surface area contributed by atoms with Gasteiger partial charge in [0.25, 0.3) is 0 Å². The minimum absolute atomic E-state index is 0.0902. The number of aromatic hydroxyl groups is 1. The summed E-state index contributed by atoms with van der Waals surface area (Å²) in [6, 6.07) is 5.76. The van der Waals surface area contributed by atoms with E-state index in [2.05, 4.69) is 28.8 Å². The Hall–Kier alpha value is -2.36. The van der Waals surface area contributed by atoms with Gasteiger partial charge in [-0.3, -0.25) is 4.90 Å². The molecular formula is C21H28N4O4S. The highest BCUT2D eigenvalue weighted by Gasteiger charge is 2.34. The number of fused-ring (bicyclic) bond motifs is 1. The first-order valence-electron chi connectivity index (χ1n) is 10.2. The minimum Gasteiger partial charge on any atom is -0.493 e. The van der Waals surface area contributed by atoms with E-state index in [1.165, 1.54) is 15.9 Å². The van der Waals surface area contributed by atoms with Crippen molar-refractivity contribution in [3.8, 4) is 17.4 Å². The van der Waals surface area contributed by atoms with Gasteiger partial charge in [-0.2, -0.15) is 4.52 Å². The van der Waals surface area contributed by atoms with Crippen LogP contribution in [0.5, 0.6) is 17.4 Å². The highest BCUT2D eigenvalue weighted by Crippen LogP contribution is 2.43. The van der Waals surface area contributed by atoms with E-state index in [0.29, 0.717) is 28.9 Å². The number of aromatic nitrogens is 3. The SMILES string of the molecule is CCOc1ccc([C@@H](c2sc3nc(C)nn3c2O)N2C[C@@H](C)O[C@@H](C)C2)cc1OC. The summed E-state index contributed by atoms with van der Waals surface area (Å²) in [5, 5.41) is 15.4. The molecule has 1 aliphatic heterocycles. The van der Waals surface area contributed by atoms with E-state index in [9.17, 15) is 5.11 Å². The van der Waals surface area contributed by atoms with Crippen molar-refractivity contribution in [3.05, 3.63) is 34.5 Å². The normalized spacial score (nSPS) is 21.1. The average Bonchev–Trinajstić information content (AvgIpc) is 3.20. The molecule has 3 heterocycles. The second-order valence-corrected chi connectivity index (χ2v) is 8.61. The Morgan fingerprint density at radius 3 is 2.63 bits per heavy atom. The molecule has 0 aliphatic carbocycles. The summed E-state index contributed by atoms with van der Waals surface area (Å²) in [7, 11) is 1.64. The topological polar surface area (TPSA) is 81.4 Å². The van der Waals surface area contributed by atoms with E-state index in [4.69, 9.17) is 14.2 Å². The maximum Gasteiger partial charge on any atom is 0.230 e. The number of methoxy groups -OCH3 is 1. The maximum absolute atomic E-state index is 11.0. The molecular weight excluding hydrogens is 404 g/mol. The standard InChI is InChI=1S/C21H28N4O4S/c1-6-28-16-8-7-15(9-17(16)27-5)18(24-10-12(2)29-13(3)11-24)19-20(26)25-21(30-19)22-14(4)23-25/h7-9,12-13,18,26H,6,10-11H2,1-5H3/t12-,13+,18-/m0/s1. The van der Waals surface area contributed by atoms with Crippen LogP contribution in [-0.4, -0.2) is 63.6 Å². The lowest BCUT2D eigenvalue weighted by molar-refractivity contribution is -0.0764. The first-order valence-corrected chi connectivity index (χ1v) is 11.0. The Morgan fingerprint density at radius 2 is 2.00 bits per heavy atom. The lowest BCUT2D eigenvalue weighted by atomic mass is 10.0. The molecule has 0 unspecified atom stereocenters. The van der Waals surface area contributed by atoms with Crippen LogP contribution in [0.3, 0.4) is 0 Å². The molecule has 162 valence electrons. The molecule has 1 N–H and O–H groups in total. The molecule has 3 aromatic rings. The van der Waals surface area contributed by atoms with E-state index in [1.807, 2.05) is 32.0 Å². The number of hydrogen-bond donors (Lipinski definition) is 1. The van der Waals surface area contributed by atoms with Gasteiger partial charge in [-0.25, -0.2) is 4.98 Å². The molecule has 0 saturated carbocycles. The Morgan fingerprint density at radius 1 is 1.27 bits per heavy atom. The van der Waals surface area contributed by atoms with E-state index >= 15 is 0 Å². The molecule has 1 aliphatic rings. The molecule has 8 nitrogen and oxygen atoms in total. The van der Waals surface area contributed by atoms with Crippen LogP contribution in [0.15, 0.2) is 18.2 Å². The predicted octanol–water partition coefficient (Wildman–Crippen LogP) is 3.41. The van der Waals surface area contributed by atoms with Crippen molar-refractivity contribution < 1.29 is 19.3 Å². The summed E-state index contributed by atoms with van der Waals surface area (Å²) < 4.78 is 18.7. The van der Waals surface area contributed by atoms with Crippen LogP contribution in [-0.2, 0) is 4.74 Å². The van der Waals surface area contributed by atoms with E-state index in [0.717, 1.165) is 23.5 Å². The minimum atomic E-state index is -0.183. The van der Waals surface area contributed by atoms with Crippen LogP contribution in [0.1, 0.15) is 43.1 Å². The number of rotatable bonds is 6. The van der Waals surface area contributed by atoms with Crippen molar-refractivity contribution in [2.24, 2.45) is 0 Å². The zero-order chi connectivity index (χ0) is 21.4. The first-order chi connectivity index (χ1) is 14.4. The first kappa shape index (κ1) is 20.9. The number of ether oxygens (including phenoxy) is 3. The fourth-order valence-electron chi connectivity index (χ4n) is 4.11. The van der Waals surface area contributed by atoms with Gasteiger partial charge in [0, 0.05) is 13.1 Å². The van der Waals surface area contributed by atoms with Gasteiger partial charge in [0.1, 0.15) is 5.82 Å². The van der Waals surface area contributed by atoms with Crippen molar-refractivity contribution in [1.29, 1.82) is 0 Å². The monoisotopic (exact) mass is 432 g/mol. The molecule has 1 aromatic carbocycles. The predicted molar refractivity (Wildman–Crippen MR) is 115 cm³/mol. The van der Waals surface area contributed by atoms with Crippen LogP contribution >= 0.6 is 11.3 Å². The van der Waals surface area contributed by atoms with Crippen LogP contribution < -0.4 is 9.47 Å². The average molecular weight is 433 g/mol. The Kier molecular flexibility index (Phi) is 5.86. The third kappa shape index (κ3) is 3.84. The van der Waals surface area contributed by atoms with Gasteiger partial charge >= 0.3 is 0 Å². The number of benzene rings is 1. The number of aryl methyl sites for hydroxylation is 1. The molecule has 0 amide bonds. The fourth-order valence-corrected chi connectivity index (χ4v) is 5.27. The van der Waals surface area contributed by atoms with Gasteiger partial charge in [-0.15, -0.1) is 5.10 Å². The summed E-state index contributed by atoms with van der Waals surface area (Å²) in [5.41, 5.74) is 1.01. The molecule has 3 atom stereocenters. The van der Waals surface area contributed by atoms with Crippen LogP contribution in [0.25, 0.3) is 4.96 Å². The Bertz CT molecular complexity index is 1020. The molecule has 1 saturated heterocycles. The van der Waals surface area contributed by atoms with E-state index < -0.39 is 0 Å². The van der Waals surface area contributed by atoms with Gasteiger partial charge in [-0.05, 0) is 45.4 Å². The molecule has 2 aromatic heterocycles. The largest absolute Gasteiger partial charge is 0.493 e. The van der Waals surface area contributed by atoms with Gasteiger partial charge in [0.2, 0.25) is 10.8 Å². The van der Waals surface area contributed by atoms with Crippen molar-refractivity contribution in [2.75, 3.05) is 26.8 Å². The summed E-state index contributed by atoms with van der Waals surface area (Å²) in [6.45, 7) is 9.97. The van der Waals surface area contributed by atoms with E-state index in [-0.39, 0.29) is 24.1 Å². The lowest BCUT2D eigenvalue weighted by Crippen LogP contribution is -2.47. The molecule has 30 heavy (non-hydrogen) atoms. The number of hydrogen-bond acceptors (Lipinski definition) is 8. The summed E-state index contributed by atoms with van der Waals surface area (Å²) in [6.07, 6.45) is 0.180. The highest BCUT2D eigenvalue weighted by molar-refractivity contribution is 7.17. The van der Waals surface area contributed by atoms with Crippen LogP contribution in [0.4, 0.5) is 0 Å². The quantitative estimate of drug-likeness (QED) is 0.639. The zero-order valence-corrected chi connectivity index (χ0v) is 18.8. The van der Waals surface area contributed by atoms with Gasteiger partial charge < -0.3 is 19.3 Å². The molecule has 0 bridgehead atoms. The molecule has 9 heteroatoms. The lowest BCUT2D eigenvalue weighted by Gasteiger charge is -2.40. The van der Waals surface area contributed by atoms with Crippen molar-refractivity contribution in [1.82, 2.24) is 19.5 Å². The smallest absolute Gasteiger partial charge is 0.230 e.